The maximum Gasteiger partial charge on any atom is 0.184 e. The monoisotopic (exact) mass is 307 g/mol. The maximum absolute atomic E-state index is 11.2. The molecule has 1 fully saturated rings. The van der Waals surface area contributed by atoms with Gasteiger partial charge in [0, 0.05) is 10.5 Å². The zero-order chi connectivity index (χ0) is 16.1. The molecule has 2 N–H and O–H groups in total. The van der Waals surface area contributed by atoms with Crippen LogP contribution in [-0.2, 0) is 14.3 Å². The number of azide groups is 1. The van der Waals surface area contributed by atoms with E-state index in [1.807, 2.05) is 6.07 Å². The molecule has 8 nitrogen and oxygen atoms in total. The minimum atomic E-state index is -1.61. The highest BCUT2D eigenvalue weighted by molar-refractivity contribution is 5.80. The lowest BCUT2D eigenvalue weighted by molar-refractivity contribution is -0.252. The minimum Gasteiger partial charge on any atom is -0.387 e. The lowest BCUT2D eigenvalue weighted by Gasteiger charge is -2.37. The Balaban J connectivity index is 2.20. The highest BCUT2D eigenvalue weighted by atomic mass is 16.7. The molecule has 0 radical (unpaired) electrons. The maximum atomic E-state index is 11.2. The highest BCUT2D eigenvalue weighted by Crippen LogP contribution is 2.30. The third kappa shape index (κ3) is 3.62. The number of rotatable bonds is 5. The minimum absolute atomic E-state index is 0.00989. The predicted molar refractivity (Wildman–Crippen MR) is 75.6 cm³/mol. The van der Waals surface area contributed by atoms with Crippen molar-refractivity contribution in [3.8, 4) is 0 Å². The van der Waals surface area contributed by atoms with Gasteiger partial charge in [-0.25, -0.2) is 0 Å². The van der Waals surface area contributed by atoms with Gasteiger partial charge in [-0.3, -0.25) is 4.79 Å². The molecule has 1 aliphatic heterocycles. The number of Topliss-reactive ketones (excluding diaryl/α,β-unsaturated/α-hetero) is 1. The van der Waals surface area contributed by atoms with Crippen LogP contribution in [0.1, 0.15) is 18.8 Å². The SMILES string of the molecule is CC(=O)[C@H](O)[C@H](O)[C@H]1OC(c2ccccc2)OC[C@@H]1N=[N+]=[N-]. The third-order valence-electron chi connectivity index (χ3n) is 3.43. The summed E-state index contributed by atoms with van der Waals surface area (Å²) in [4.78, 5) is 13.9. The number of nitrogens with zero attached hydrogens (tertiary/aromatic N) is 3. The summed E-state index contributed by atoms with van der Waals surface area (Å²) >= 11 is 0. The number of carbonyl (C=O) groups excluding carboxylic acids is 1. The predicted octanol–water partition coefficient (Wildman–Crippen LogP) is 1.09. The van der Waals surface area contributed by atoms with Gasteiger partial charge in [0.1, 0.15) is 18.3 Å². The van der Waals surface area contributed by atoms with Crippen LogP contribution < -0.4 is 0 Å². The van der Waals surface area contributed by atoms with Gasteiger partial charge >= 0.3 is 0 Å². The standard InChI is InChI=1S/C14H17N3O5/c1-8(18)11(19)12(20)13-10(16-17-15)7-21-14(22-13)9-5-3-2-4-6-9/h2-6,10-14,19-20H,7H2,1H3/t10-,11-,12-,13-,14?/m0/s1. The Kier molecular flexibility index (Phi) is 5.48. The van der Waals surface area contributed by atoms with Crippen LogP contribution in [0.3, 0.4) is 0 Å². The van der Waals surface area contributed by atoms with Crippen molar-refractivity contribution in [1.29, 1.82) is 0 Å². The first-order chi connectivity index (χ1) is 10.5. The average Bonchev–Trinajstić information content (AvgIpc) is 2.55. The van der Waals surface area contributed by atoms with E-state index in [0.717, 1.165) is 12.5 Å². The van der Waals surface area contributed by atoms with Gasteiger partial charge in [0.15, 0.2) is 12.1 Å². The molecule has 1 saturated heterocycles. The molecule has 1 aromatic rings. The molecule has 1 aliphatic rings. The zero-order valence-corrected chi connectivity index (χ0v) is 11.9. The molecular formula is C14H17N3O5. The molecule has 0 saturated carbocycles. The van der Waals surface area contributed by atoms with Gasteiger partial charge in [-0.2, -0.15) is 0 Å². The number of hydrogen-bond donors (Lipinski definition) is 2. The lowest BCUT2D eigenvalue weighted by Crippen LogP contribution is -2.52. The van der Waals surface area contributed by atoms with E-state index in [1.165, 1.54) is 0 Å². The second-order valence-corrected chi connectivity index (χ2v) is 4.99. The highest BCUT2D eigenvalue weighted by Gasteiger charge is 2.40. The molecule has 5 atom stereocenters. The summed E-state index contributed by atoms with van der Waals surface area (Å²) in [6.45, 7) is 1.17. The van der Waals surface area contributed by atoms with Crippen LogP contribution in [-0.4, -0.2) is 47.0 Å². The van der Waals surface area contributed by atoms with Gasteiger partial charge < -0.3 is 19.7 Å². The Morgan fingerprint density at radius 3 is 2.68 bits per heavy atom. The second-order valence-electron chi connectivity index (χ2n) is 4.99. The second kappa shape index (κ2) is 7.35. The van der Waals surface area contributed by atoms with E-state index in [2.05, 4.69) is 10.0 Å². The van der Waals surface area contributed by atoms with Crippen LogP contribution >= 0.6 is 0 Å². The Morgan fingerprint density at radius 2 is 2.09 bits per heavy atom. The largest absolute Gasteiger partial charge is 0.387 e. The summed E-state index contributed by atoms with van der Waals surface area (Å²) in [5.41, 5.74) is 9.30. The molecule has 8 heteroatoms. The van der Waals surface area contributed by atoms with Gasteiger partial charge in [0.2, 0.25) is 0 Å². The van der Waals surface area contributed by atoms with Crippen molar-refractivity contribution in [2.24, 2.45) is 5.11 Å². The average molecular weight is 307 g/mol. The Hall–Kier alpha value is -1.96. The van der Waals surface area contributed by atoms with Crippen LogP contribution in [0.15, 0.2) is 35.4 Å². The number of aliphatic hydroxyl groups excluding tert-OH is 2. The fraction of sp³-hybridized carbons (Fsp3) is 0.500. The van der Waals surface area contributed by atoms with Crippen LogP contribution in [0, 0.1) is 0 Å². The van der Waals surface area contributed by atoms with Crippen molar-refractivity contribution in [3.05, 3.63) is 46.3 Å². The molecule has 1 unspecified atom stereocenters. The number of carbonyl (C=O) groups is 1. The van der Waals surface area contributed by atoms with Gasteiger partial charge in [-0.1, -0.05) is 35.4 Å². The van der Waals surface area contributed by atoms with Crippen molar-refractivity contribution in [2.45, 2.75) is 37.6 Å². The zero-order valence-electron chi connectivity index (χ0n) is 11.9. The van der Waals surface area contributed by atoms with E-state index in [0.29, 0.717) is 0 Å². The molecule has 1 aromatic carbocycles. The van der Waals surface area contributed by atoms with Crippen molar-refractivity contribution in [1.82, 2.24) is 0 Å². The van der Waals surface area contributed by atoms with Gasteiger partial charge in [-0.15, -0.1) is 0 Å². The van der Waals surface area contributed by atoms with E-state index in [-0.39, 0.29) is 6.61 Å². The molecule has 22 heavy (non-hydrogen) atoms. The smallest absolute Gasteiger partial charge is 0.184 e. The Labute approximate surface area is 126 Å². The summed E-state index contributed by atoms with van der Waals surface area (Å²) < 4.78 is 11.1. The summed E-state index contributed by atoms with van der Waals surface area (Å²) in [5, 5.41) is 23.4. The van der Waals surface area contributed by atoms with Gasteiger partial charge in [0.25, 0.3) is 0 Å². The number of aliphatic hydroxyl groups is 2. The van der Waals surface area contributed by atoms with E-state index in [1.54, 1.807) is 24.3 Å². The number of benzene rings is 1. The quantitative estimate of drug-likeness (QED) is 0.478. The molecular weight excluding hydrogens is 290 g/mol. The van der Waals surface area contributed by atoms with Gasteiger partial charge in [0.05, 0.1) is 12.6 Å². The normalized spacial score (nSPS) is 27.5. The first-order valence-electron chi connectivity index (χ1n) is 6.77. The fourth-order valence-corrected chi connectivity index (χ4v) is 2.23. The fourth-order valence-electron chi connectivity index (χ4n) is 2.23. The van der Waals surface area contributed by atoms with E-state index in [4.69, 9.17) is 15.0 Å². The number of ketones is 1. The third-order valence-corrected chi connectivity index (χ3v) is 3.43. The lowest BCUT2D eigenvalue weighted by atomic mass is 9.98. The summed E-state index contributed by atoms with van der Waals surface area (Å²) in [6, 6.07) is 8.16. The molecule has 0 bridgehead atoms. The Morgan fingerprint density at radius 1 is 1.41 bits per heavy atom. The summed E-state index contributed by atoms with van der Waals surface area (Å²) in [7, 11) is 0. The number of ether oxygens (including phenoxy) is 2. The molecule has 118 valence electrons. The van der Waals surface area contributed by atoms with E-state index >= 15 is 0 Å². The van der Waals surface area contributed by atoms with Gasteiger partial charge in [-0.05, 0) is 12.5 Å². The molecule has 1 heterocycles. The van der Waals surface area contributed by atoms with Crippen molar-refractivity contribution < 1.29 is 24.5 Å². The van der Waals surface area contributed by atoms with Crippen LogP contribution in [0.5, 0.6) is 0 Å². The molecule has 0 amide bonds. The van der Waals surface area contributed by atoms with Crippen molar-refractivity contribution >= 4 is 5.78 Å². The van der Waals surface area contributed by atoms with E-state index in [9.17, 15) is 15.0 Å². The molecule has 0 spiro atoms. The summed E-state index contributed by atoms with van der Waals surface area (Å²) in [6.07, 6.45) is -4.95. The molecule has 0 aliphatic carbocycles. The topological polar surface area (TPSA) is 125 Å². The van der Waals surface area contributed by atoms with Crippen molar-refractivity contribution in [3.63, 3.8) is 0 Å². The van der Waals surface area contributed by atoms with Crippen LogP contribution in [0.2, 0.25) is 0 Å². The first-order valence-corrected chi connectivity index (χ1v) is 6.77. The van der Waals surface area contributed by atoms with E-state index < -0.39 is 36.4 Å². The number of hydrogen-bond acceptors (Lipinski definition) is 6. The van der Waals surface area contributed by atoms with Crippen molar-refractivity contribution in [2.75, 3.05) is 6.61 Å². The molecule has 0 aromatic heterocycles. The Bertz CT molecular complexity index is 561. The first kappa shape index (κ1) is 16.4. The van der Waals surface area contributed by atoms with Crippen LogP contribution in [0.25, 0.3) is 10.4 Å². The molecule has 2 rings (SSSR count). The van der Waals surface area contributed by atoms with Crippen LogP contribution in [0.4, 0.5) is 0 Å². The summed E-state index contributed by atoms with van der Waals surface area (Å²) in [5.74, 6) is -0.599.